The van der Waals surface area contributed by atoms with E-state index in [2.05, 4.69) is 30.5 Å². The molecule has 0 radical (unpaired) electrons. The molecule has 1 fully saturated rings. The summed E-state index contributed by atoms with van der Waals surface area (Å²) < 4.78 is 19.1. The first-order valence-corrected chi connectivity index (χ1v) is 9.55. The molecule has 30 heavy (non-hydrogen) atoms. The van der Waals surface area contributed by atoms with Gasteiger partial charge in [0.1, 0.15) is 5.82 Å². The fourth-order valence-electron chi connectivity index (χ4n) is 3.06. The van der Waals surface area contributed by atoms with E-state index in [9.17, 15) is 9.18 Å². The standard InChI is InChI=1S/C21H21FN6O2/c1-14-12-19(27-21(24-14)28-8-10-30-11-9-28)25-15-2-4-16(5-3-15)26-20(29)17-6-7-23-13-18(17)22/h2-7,12-13H,8-11H2,1H3,(H,26,29)(H,24,25,27). The maximum atomic E-state index is 13.7. The second kappa shape index (κ2) is 8.83. The molecule has 3 heterocycles. The molecule has 1 aliphatic heterocycles. The maximum absolute atomic E-state index is 13.7. The summed E-state index contributed by atoms with van der Waals surface area (Å²) in [4.78, 5) is 27.1. The van der Waals surface area contributed by atoms with Gasteiger partial charge in [-0.1, -0.05) is 0 Å². The first-order chi connectivity index (χ1) is 14.6. The Morgan fingerprint density at radius 1 is 1.10 bits per heavy atom. The Labute approximate surface area is 173 Å². The number of amides is 1. The van der Waals surface area contributed by atoms with Crippen molar-refractivity contribution in [2.24, 2.45) is 0 Å². The van der Waals surface area contributed by atoms with Gasteiger partial charge in [-0.2, -0.15) is 4.98 Å². The number of nitrogens with zero attached hydrogens (tertiary/aromatic N) is 4. The summed E-state index contributed by atoms with van der Waals surface area (Å²) in [7, 11) is 0. The lowest BCUT2D eigenvalue weighted by Gasteiger charge is -2.27. The molecule has 1 aliphatic rings. The molecule has 2 aromatic heterocycles. The van der Waals surface area contributed by atoms with Crippen molar-refractivity contribution in [3.8, 4) is 0 Å². The molecule has 154 valence electrons. The Kier molecular flexibility index (Phi) is 5.80. The first-order valence-electron chi connectivity index (χ1n) is 9.55. The van der Waals surface area contributed by atoms with Crippen LogP contribution in [0.3, 0.4) is 0 Å². The molecule has 1 saturated heterocycles. The molecular formula is C21H21FN6O2. The Morgan fingerprint density at radius 3 is 2.57 bits per heavy atom. The van der Waals surface area contributed by atoms with E-state index in [-0.39, 0.29) is 5.56 Å². The number of halogens is 1. The normalized spacial score (nSPS) is 13.7. The van der Waals surface area contributed by atoms with Crippen LogP contribution in [0, 0.1) is 12.7 Å². The van der Waals surface area contributed by atoms with Gasteiger partial charge < -0.3 is 20.3 Å². The zero-order valence-electron chi connectivity index (χ0n) is 16.4. The molecular weight excluding hydrogens is 387 g/mol. The molecule has 2 N–H and O–H groups in total. The van der Waals surface area contributed by atoms with Crippen molar-refractivity contribution >= 4 is 29.0 Å². The summed E-state index contributed by atoms with van der Waals surface area (Å²) in [6.45, 7) is 4.77. The molecule has 0 aliphatic carbocycles. The average Bonchev–Trinajstić information content (AvgIpc) is 2.75. The number of hydrogen-bond donors (Lipinski definition) is 2. The van der Waals surface area contributed by atoms with Crippen molar-refractivity contribution in [2.45, 2.75) is 6.92 Å². The summed E-state index contributed by atoms with van der Waals surface area (Å²) in [6.07, 6.45) is 2.39. The van der Waals surface area contributed by atoms with E-state index in [1.807, 2.05) is 25.1 Å². The quantitative estimate of drug-likeness (QED) is 0.670. The number of carbonyl (C=O) groups excluding carboxylic acids is 1. The molecule has 0 spiro atoms. The molecule has 0 atom stereocenters. The Hall–Kier alpha value is -3.59. The number of ether oxygens (including phenoxy) is 1. The second-order valence-electron chi connectivity index (χ2n) is 6.81. The van der Waals surface area contributed by atoms with Crippen molar-refractivity contribution in [3.05, 3.63) is 65.9 Å². The van der Waals surface area contributed by atoms with Crippen molar-refractivity contribution in [3.63, 3.8) is 0 Å². The summed E-state index contributed by atoms with van der Waals surface area (Å²) in [5, 5.41) is 5.93. The fraction of sp³-hybridized carbons (Fsp3) is 0.238. The topological polar surface area (TPSA) is 92.3 Å². The number of nitrogens with one attached hydrogen (secondary N) is 2. The molecule has 0 saturated carbocycles. The molecule has 3 aromatic rings. The van der Waals surface area contributed by atoms with Gasteiger partial charge in [-0.25, -0.2) is 9.37 Å². The van der Waals surface area contributed by atoms with Crippen molar-refractivity contribution in [2.75, 3.05) is 41.8 Å². The predicted octanol–water partition coefficient (Wildman–Crippen LogP) is 3.15. The first kappa shape index (κ1) is 19.7. The molecule has 9 heteroatoms. The van der Waals surface area contributed by atoms with Crippen LogP contribution in [0.15, 0.2) is 48.8 Å². The Bertz CT molecular complexity index is 1040. The van der Waals surface area contributed by atoms with E-state index < -0.39 is 11.7 Å². The SMILES string of the molecule is Cc1cc(Nc2ccc(NC(=O)c3ccncc3F)cc2)nc(N2CCOCC2)n1. The number of aryl methyl sites for hydroxylation is 1. The summed E-state index contributed by atoms with van der Waals surface area (Å²) >= 11 is 0. The van der Waals surface area contributed by atoms with Crippen molar-refractivity contribution in [1.29, 1.82) is 0 Å². The van der Waals surface area contributed by atoms with Crippen LogP contribution >= 0.6 is 0 Å². The molecule has 1 amide bonds. The fourth-order valence-corrected chi connectivity index (χ4v) is 3.06. The van der Waals surface area contributed by atoms with E-state index in [0.717, 1.165) is 30.7 Å². The third-order valence-electron chi connectivity index (χ3n) is 4.57. The highest BCUT2D eigenvalue weighted by Gasteiger charge is 2.15. The van der Waals surface area contributed by atoms with Crippen LogP contribution in [0.1, 0.15) is 16.1 Å². The minimum absolute atomic E-state index is 0.0562. The van der Waals surface area contributed by atoms with Crippen LogP contribution in [-0.4, -0.2) is 47.2 Å². The second-order valence-corrected chi connectivity index (χ2v) is 6.81. The lowest BCUT2D eigenvalue weighted by molar-refractivity contribution is 0.102. The van der Waals surface area contributed by atoms with Gasteiger partial charge in [0.05, 0.1) is 25.0 Å². The largest absolute Gasteiger partial charge is 0.378 e. The van der Waals surface area contributed by atoms with Crippen molar-refractivity contribution < 1.29 is 13.9 Å². The predicted molar refractivity (Wildman–Crippen MR) is 112 cm³/mol. The zero-order chi connectivity index (χ0) is 20.9. The summed E-state index contributed by atoms with van der Waals surface area (Å²) in [6, 6.07) is 10.3. The van der Waals surface area contributed by atoms with Gasteiger partial charge in [-0.05, 0) is 37.3 Å². The average molecular weight is 408 g/mol. The van der Waals surface area contributed by atoms with E-state index >= 15 is 0 Å². The van der Waals surface area contributed by atoms with Gasteiger partial charge in [0.2, 0.25) is 5.95 Å². The lowest BCUT2D eigenvalue weighted by Crippen LogP contribution is -2.37. The highest BCUT2D eigenvalue weighted by Crippen LogP contribution is 2.21. The zero-order valence-corrected chi connectivity index (χ0v) is 16.4. The number of carbonyl (C=O) groups is 1. The molecule has 4 rings (SSSR count). The third kappa shape index (κ3) is 4.69. The number of hydrogen-bond acceptors (Lipinski definition) is 7. The van der Waals surface area contributed by atoms with Gasteiger partial charge in [-0.3, -0.25) is 9.78 Å². The number of rotatable bonds is 5. The van der Waals surface area contributed by atoms with E-state index in [0.29, 0.717) is 30.7 Å². The van der Waals surface area contributed by atoms with Crippen LogP contribution in [0.2, 0.25) is 0 Å². The van der Waals surface area contributed by atoms with E-state index in [4.69, 9.17) is 4.74 Å². The number of benzene rings is 1. The van der Waals surface area contributed by atoms with Crippen LogP contribution in [-0.2, 0) is 4.74 Å². The van der Waals surface area contributed by atoms with Gasteiger partial charge in [-0.15, -0.1) is 0 Å². The number of aromatic nitrogens is 3. The van der Waals surface area contributed by atoms with Gasteiger partial charge in [0.25, 0.3) is 5.91 Å². The maximum Gasteiger partial charge on any atom is 0.258 e. The molecule has 0 unspecified atom stereocenters. The summed E-state index contributed by atoms with van der Waals surface area (Å²) in [5.41, 5.74) is 2.15. The number of morpholine rings is 1. The number of pyridine rings is 1. The molecule has 0 bridgehead atoms. The van der Waals surface area contributed by atoms with Crippen LogP contribution in [0.25, 0.3) is 0 Å². The lowest BCUT2D eigenvalue weighted by atomic mass is 10.2. The van der Waals surface area contributed by atoms with Gasteiger partial charge in [0.15, 0.2) is 5.82 Å². The van der Waals surface area contributed by atoms with E-state index in [1.165, 1.54) is 12.3 Å². The van der Waals surface area contributed by atoms with Crippen LogP contribution in [0.4, 0.5) is 27.5 Å². The Morgan fingerprint density at radius 2 is 1.83 bits per heavy atom. The minimum atomic E-state index is -0.663. The van der Waals surface area contributed by atoms with Gasteiger partial charge in [0, 0.05) is 42.4 Å². The monoisotopic (exact) mass is 408 g/mol. The molecule has 8 nitrogen and oxygen atoms in total. The van der Waals surface area contributed by atoms with Crippen molar-refractivity contribution in [1.82, 2.24) is 15.0 Å². The smallest absolute Gasteiger partial charge is 0.258 e. The van der Waals surface area contributed by atoms with Gasteiger partial charge >= 0.3 is 0 Å². The Balaban J connectivity index is 1.44. The minimum Gasteiger partial charge on any atom is -0.378 e. The summed E-state index contributed by atoms with van der Waals surface area (Å²) in [5.74, 6) is 0.157. The highest BCUT2D eigenvalue weighted by atomic mass is 19.1. The third-order valence-corrected chi connectivity index (χ3v) is 4.57. The van der Waals surface area contributed by atoms with Crippen LogP contribution in [0.5, 0.6) is 0 Å². The van der Waals surface area contributed by atoms with Crippen LogP contribution < -0.4 is 15.5 Å². The molecule has 1 aromatic carbocycles. The highest BCUT2D eigenvalue weighted by molar-refractivity contribution is 6.04. The van der Waals surface area contributed by atoms with E-state index in [1.54, 1.807) is 12.1 Å². The number of anilines is 4.